The summed E-state index contributed by atoms with van der Waals surface area (Å²) in [5.74, 6) is -1.07. The van der Waals surface area contributed by atoms with Gasteiger partial charge in [-0.2, -0.15) is 4.31 Å². The molecule has 1 saturated heterocycles. The molecule has 1 aliphatic heterocycles. The molecule has 1 aliphatic rings. The van der Waals surface area contributed by atoms with Crippen LogP contribution in [0.15, 0.2) is 10.4 Å². The predicted molar refractivity (Wildman–Crippen MR) is 67.6 cm³/mol. The number of thiazole rings is 1. The van der Waals surface area contributed by atoms with Crippen molar-refractivity contribution in [2.24, 2.45) is 0 Å². The molecule has 106 valence electrons. The van der Waals surface area contributed by atoms with E-state index in [-0.39, 0.29) is 17.3 Å². The molecule has 1 aromatic heterocycles. The number of carbonyl (C=O) groups is 1. The highest BCUT2D eigenvalue weighted by molar-refractivity contribution is 7.91. The number of hydrogen-bond acceptors (Lipinski definition) is 6. The number of carboxylic acids is 1. The second-order valence-corrected chi connectivity index (χ2v) is 8.00. The van der Waals surface area contributed by atoms with Gasteiger partial charge in [-0.25, -0.2) is 18.2 Å². The number of aryl methyl sites for hydroxylation is 1. The number of aliphatic carboxylic acids is 1. The van der Waals surface area contributed by atoms with Crippen molar-refractivity contribution in [1.82, 2.24) is 9.29 Å². The van der Waals surface area contributed by atoms with Crippen LogP contribution in [-0.4, -0.2) is 54.1 Å². The monoisotopic (exact) mass is 306 g/mol. The predicted octanol–water partition coefficient (Wildman–Crippen LogP) is 0.316. The Bertz CT molecular complexity index is 589. The zero-order valence-corrected chi connectivity index (χ0v) is 12.1. The first-order chi connectivity index (χ1) is 8.73. The summed E-state index contributed by atoms with van der Waals surface area (Å²) < 4.78 is 31.0. The molecule has 1 aromatic rings. The number of sulfonamides is 1. The maximum absolute atomic E-state index is 12.2. The average molecular weight is 306 g/mol. The third-order valence-corrected chi connectivity index (χ3v) is 5.90. The molecule has 1 N–H and O–H groups in total. The van der Waals surface area contributed by atoms with Crippen LogP contribution >= 0.6 is 11.3 Å². The minimum Gasteiger partial charge on any atom is -0.480 e. The van der Waals surface area contributed by atoms with Crippen molar-refractivity contribution >= 4 is 27.3 Å². The number of hydrogen-bond donors (Lipinski definition) is 1. The largest absolute Gasteiger partial charge is 0.480 e. The summed E-state index contributed by atoms with van der Waals surface area (Å²) in [6.45, 7) is 3.31. The summed E-state index contributed by atoms with van der Waals surface area (Å²) >= 11 is 1.11. The van der Waals surface area contributed by atoms with Crippen LogP contribution in [0.5, 0.6) is 0 Å². The Morgan fingerprint density at radius 2 is 2.26 bits per heavy atom. The van der Waals surface area contributed by atoms with Gasteiger partial charge in [0.1, 0.15) is 6.61 Å². The second kappa shape index (κ2) is 4.82. The van der Waals surface area contributed by atoms with Gasteiger partial charge in [-0.15, -0.1) is 11.3 Å². The number of rotatable bonds is 5. The molecule has 0 unspecified atom stereocenters. The molecule has 1 fully saturated rings. The fraction of sp³-hybridized carbons (Fsp3) is 0.600. The second-order valence-electron chi connectivity index (χ2n) is 4.60. The van der Waals surface area contributed by atoms with Gasteiger partial charge in [-0.3, -0.25) is 0 Å². The SMILES string of the molecule is Cc1ncc(S(=O)(=O)N2CC(C)(OCC(=O)O)C2)s1. The topological polar surface area (TPSA) is 96.8 Å². The lowest BCUT2D eigenvalue weighted by Crippen LogP contribution is -2.63. The minimum atomic E-state index is -3.53. The van der Waals surface area contributed by atoms with Crippen LogP contribution in [0.1, 0.15) is 11.9 Å². The van der Waals surface area contributed by atoms with Crippen LogP contribution in [0, 0.1) is 6.92 Å². The van der Waals surface area contributed by atoms with Gasteiger partial charge in [0.15, 0.2) is 4.21 Å². The van der Waals surface area contributed by atoms with E-state index in [1.807, 2.05) is 0 Å². The Balaban J connectivity index is 2.01. The first-order valence-corrected chi connectivity index (χ1v) is 7.77. The van der Waals surface area contributed by atoms with E-state index in [0.29, 0.717) is 5.01 Å². The molecule has 0 aliphatic carbocycles. The molecule has 0 radical (unpaired) electrons. The molecule has 0 atom stereocenters. The third-order valence-electron chi connectivity index (χ3n) is 2.76. The van der Waals surface area contributed by atoms with E-state index < -0.39 is 28.2 Å². The first-order valence-electron chi connectivity index (χ1n) is 5.51. The van der Waals surface area contributed by atoms with Crippen LogP contribution < -0.4 is 0 Å². The lowest BCUT2D eigenvalue weighted by molar-refractivity contribution is -0.157. The quantitative estimate of drug-likeness (QED) is 0.841. The van der Waals surface area contributed by atoms with Gasteiger partial charge in [-0.05, 0) is 13.8 Å². The smallest absolute Gasteiger partial charge is 0.329 e. The standard InChI is InChI=1S/C10H14N2O5S2/c1-7-11-3-9(18-7)19(15,16)12-5-10(2,6-12)17-4-8(13)14/h3H,4-6H2,1-2H3,(H,13,14). The van der Waals surface area contributed by atoms with Crippen molar-refractivity contribution in [1.29, 1.82) is 0 Å². The molecule has 2 heterocycles. The van der Waals surface area contributed by atoms with Crippen LogP contribution in [0.25, 0.3) is 0 Å². The summed E-state index contributed by atoms with van der Waals surface area (Å²) in [5.41, 5.74) is -0.731. The summed E-state index contributed by atoms with van der Waals surface area (Å²) in [6.07, 6.45) is 1.34. The Kier molecular flexibility index (Phi) is 3.65. The molecule has 2 rings (SSSR count). The zero-order chi connectivity index (χ0) is 14.3. The third kappa shape index (κ3) is 2.94. The van der Waals surface area contributed by atoms with Gasteiger partial charge in [0.25, 0.3) is 10.0 Å². The molecular formula is C10H14N2O5S2. The zero-order valence-electron chi connectivity index (χ0n) is 10.5. The van der Waals surface area contributed by atoms with E-state index >= 15 is 0 Å². The van der Waals surface area contributed by atoms with Crippen molar-refractivity contribution in [2.45, 2.75) is 23.7 Å². The van der Waals surface area contributed by atoms with E-state index in [9.17, 15) is 13.2 Å². The van der Waals surface area contributed by atoms with Gasteiger partial charge in [0.2, 0.25) is 0 Å². The van der Waals surface area contributed by atoms with Crippen molar-refractivity contribution in [3.05, 3.63) is 11.2 Å². The first kappa shape index (κ1) is 14.4. The highest BCUT2D eigenvalue weighted by atomic mass is 32.2. The van der Waals surface area contributed by atoms with Gasteiger partial charge in [0, 0.05) is 13.1 Å². The van der Waals surface area contributed by atoms with Crippen LogP contribution in [0.3, 0.4) is 0 Å². The van der Waals surface area contributed by atoms with E-state index in [1.54, 1.807) is 13.8 Å². The summed E-state index contributed by atoms with van der Waals surface area (Å²) in [6, 6.07) is 0. The molecule has 0 amide bonds. The lowest BCUT2D eigenvalue weighted by atomic mass is 10.0. The molecule has 19 heavy (non-hydrogen) atoms. The van der Waals surface area contributed by atoms with Gasteiger partial charge in [0.05, 0.1) is 16.8 Å². The molecule has 0 spiro atoms. The van der Waals surface area contributed by atoms with E-state index in [1.165, 1.54) is 10.5 Å². The average Bonchev–Trinajstić information content (AvgIpc) is 2.70. The van der Waals surface area contributed by atoms with E-state index in [0.717, 1.165) is 11.3 Å². The van der Waals surface area contributed by atoms with Crippen LogP contribution in [0.4, 0.5) is 0 Å². The summed E-state index contributed by atoms with van der Waals surface area (Å²) in [4.78, 5) is 14.3. The number of carboxylic acid groups (broad SMARTS) is 1. The number of ether oxygens (including phenoxy) is 1. The highest BCUT2D eigenvalue weighted by Gasteiger charge is 2.47. The molecule has 7 nitrogen and oxygen atoms in total. The molecule has 0 aromatic carbocycles. The molecule has 0 bridgehead atoms. The fourth-order valence-electron chi connectivity index (χ4n) is 1.79. The Labute approximate surface area is 114 Å². The van der Waals surface area contributed by atoms with E-state index in [4.69, 9.17) is 9.84 Å². The molecule has 9 heteroatoms. The van der Waals surface area contributed by atoms with E-state index in [2.05, 4.69) is 4.98 Å². The van der Waals surface area contributed by atoms with Gasteiger partial charge in [-0.1, -0.05) is 0 Å². The summed E-state index contributed by atoms with van der Waals surface area (Å²) in [5, 5.41) is 9.22. The number of aromatic nitrogens is 1. The normalized spacial score (nSPS) is 19.1. The summed E-state index contributed by atoms with van der Waals surface area (Å²) in [7, 11) is -3.53. The fourth-order valence-corrected chi connectivity index (χ4v) is 4.71. The maximum Gasteiger partial charge on any atom is 0.329 e. The Hall–Kier alpha value is -1.03. The van der Waals surface area contributed by atoms with Gasteiger partial charge < -0.3 is 9.84 Å². The van der Waals surface area contributed by atoms with Crippen molar-refractivity contribution in [3.8, 4) is 0 Å². The van der Waals surface area contributed by atoms with Crippen molar-refractivity contribution in [3.63, 3.8) is 0 Å². The van der Waals surface area contributed by atoms with Crippen LogP contribution in [-0.2, 0) is 19.6 Å². The highest BCUT2D eigenvalue weighted by Crippen LogP contribution is 2.32. The minimum absolute atomic E-state index is 0.152. The molecular weight excluding hydrogens is 292 g/mol. The Morgan fingerprint density at radius 3 is 2.74 bits per heavy atom. The van der Waals surface area contributed by atoms with Crippen molar-refractivity contribution < 1.29 is 23.1 Å². The van der Waals surface area contributed by atoms with Crippen LogP contribution in [0.2, 0.25) is 0 Å². The number of nitrogens with zero attached hydrogens (tertiary/aromatic N) is 2. The Morgan fingerprint density at radius 1 is 1.63 bits per heavy atom. The van der Waals surface area contributed by atoms with Crippen molar-refractivity contribution in [2.75, 3.05) is 19.7 Å². The maximum atomic E-state index is 12.2. The lowest BCUT2D eigenvalue weighted by Gasteiger charge is -2.45. The molecule has 0 saturated carbocycles. The van der Waals surface area contributed by atoms with Gasteiger partial charge >= 0.3 is 5.97 Å².